The second kappa shape index (κ2) is 26.3. The van der Waals surface area contributed by atoms with Crippen LogP contribution in [0.2, 0.25) is 0 Å². The highest BCUT2D eigenvalue weighted by molar-refractivity contribution is 6.00. The number of hydrogen-bond acceptors (Lipinski definition) is 7. The van der Waals surface area contributed by atoms with Crippen molar-refractivity contribution < 1.29 is 52.1 Å². The Morgan fingerprint density at radius 1 is 0.707 bits per heavy atom. The first-order valence-corrected chi connectivity index (χ1v) is 19.4. The van der Waals surface area contributed by atoms with Crippen LogP contribution in [0.3, 0.4) is 0 Å². The van der Waals surface area contributed by atoms with Gasteiger partial charge in [0.05, 0.1) is 6.42 Å². The van der Waals surface area contributed by atoms with Crippen LogP contribution < -0.4 is 31.7 Å². The molecule has 0 saturated heterocycles. The van der Waals surface area contributed by atoms with E-state index in [0.717, 1.165) is 54.6 Å². The van der Waals surface area contributed by atoms with E-state index in [-0.39, 0.29) is 30.7 Å². The fourth-order valence-corrected chi connectivity index (χ4v) is 5.76. The summed E-state index contributed by atoms with van der Waals surface area (Å²) in [5.41, 5.74) is 10.7. The summed E-state index contributed by atoms with van der Waals surface area (Å²) in [4.78, 5) is 58.1. The maximum Gasteiger partial charge on any atom is 0.490 e. The standard InChI is InChI=1S/C40H55N5O6.C2HF3O2/c1-29-14-13-15-30(2)39(29)45-40(50)44-33-19-16-31(17-20-33)26-37(47)43-34-21-22-35(51-28-38(48)49)32(27-34)18-23-36(46)42-25-12-10-8-6-4-3-5-7-9-11-24-41;3-2(4,5)1(6)7/h13-17,19-22,27H,3-12,18,23-26,28,41H2,1-2H3,(H,42,46)(H,43,47)(H,48,49)(H2,44,45,50);(H,6,7). The first-order valence-electron chi connectivity index (χ1n) is 19.4. The van der Waals surface area contributed by atoms with Gasteiger partial charge in [-0.2, -0.15) is 13.2 Å². The van der Waals surface area contributed by atoms with Crippen LogP contribution in [0.5, 0.6) is 5.75 Å². The fourth-order valence-electron chi connectivity index (χ4n) is 5.76. The van der Waals surface area contributed by atoms with Crippen molar-refractivity contribution in [3.63, 3.8) is 0 Å². The summed E-state index contributed by atoms with van der Waals surface area (Å²) >= 11 is 0. The van der Waals surface area contributed by atoms with Crippen LogP contribution >= 0.6 is 0 Å². The van der Waals surface area contributed by atoms with E-state index in [2.05, 4.69) is 21.3 Å². The number of aliphatic carboxylic acids is 2. The van der Waals surface area contributed by atoms with Crippen molar-refractivity contribution in [1.82, 2.24) is 5.32 Å². The Balaban J connectivity index is 0.00000151. The molecule has 8 N–H and O–H groups in total. The molecule has 0 bridgehead atoms. The van der Waals surface area contributed by atoms with Crippen molar-refractivity contribution in [3.8, 4) is 5.75 Å². The van der Waals surface area contributed by atoms with Gasteiger partial charge in [0.1, 0.15) is 5.75 Å². The van der Waals surface area contributed by atoms with E-state index in [1.54, 1.807) is 42.5 Å². The predicted octanol–water partition coefficient (Wildman–Crippen LogP) is 8.13. The summed E-state index contributed by atoms with van der Waals surface area (Å²) < 4.78 is 37.2. The quantitative estimate of drug-likeness (QED) is 0.0460. The van der Waals surface area contributed by atoms with Gasteiger partial charge in [0.15, 0.2) is 6.61 Å². The molecule has 0 saturated carbocycles. The number of aryl methyl sites for hydroxylation is 3. The van der Waals surface area contributed by atoms with Crippen LogP contribution in [-0.2, 0) is 32.0 Å². The summed E-state index contributed by atoms with van der Waals surface area (Å²) in [7, 11) is 0. The number of nitrogens with two attached hydrogens (primary N) is 1. The molecule has 0 fully saturated rings. The molecule has 0 aliphatic rings. The molecule has 0 unspecified atom stereocenters. The number of nitrogens with one attached hydrogen (secondary N) is 4. The lowest BCUT2D eigenvalue weighted by molar-refractivity contribution is -0.192. The monoisotopic (exact) mass is 815 g/mol. The Morgan fingerprint density at radius 3 is 1.81 bits per heavy atom. The maximum absolute atomic E-state index is 12.9. The van der Waals surface area contributed by atoms with E-state index >= 15 is 0 Å². The number of urea groups is 1. The van der Waals surface area contributed by atoms with Crippen LogP contribution in [0.25, 0.3) is 0 Å². The number of unbranched alkanes of at least 4 members (excludes halogenated alkanes) is 9. The molecule has 4 amide bonds. The number of amides is 4. The number of alkyl halides is 3. The van der Waals surface area contributed by atoms with Gasteiger partial charge in [0.25, 0.3) is 0 Å². The number of anilines is 3. The van der Waals surface area contributed by atoms with Crippen molar-refractivity contribution in [3.05, 3.63) is 82.9 Å². The van der Waals surface area contributed by atoms with Gasteiger partial charge in [-0.1, -0.05) is 81.7 Å². The molecule has 0 radical (unpaired) electrons. The number of para-hydroxylation sites is 1. The van der Waals surface area contributed by atoms with E-state index in [9.17, 15) is 32.3 Å². The van der Waals surface area contributed by atoms with Gasteiger partial charge >= 0.3 is 24.1 Å². The van der Waals surface area contributed by atoms with Gasteiger partial charge in [-0.25, -0.2) is 14.4 Å². The lowest BCUT2D eigenvalue weighted by atomic mass is 10.1. The number of carbonyl (C=O) groups is 5. The second-order valence-corrected chi connectivity index (χ2v) is 13.7. The lowest BCUT2D eigenvalue weighted by Gasteiger charge is -2.14. The molecule has 3 aromatic rings. The van der Waals surface area contributed by atoms with E-state index in [0.29, 0.717) is 35.7 Å². The van der Waals surface area contributed by atoms with Crippen molar-refractivity contribution >= 4 is 46.8 Å². The van der Waals surface area contributed by atoms with Crippen LogP contribution in [0, 0.1) is 13.8 Å². The highest BCUT2D eigenvalue weighted by Crippen LogP contribution is 2.25. The minimum atomic E-state index is -5.08. The summed E-state index contributed by atoms with van der Waals surface area (Å²) in [5.74, 6) is -3.86. The van der Waals surface area contributed by atoms with Crippen LogP contribution in [0.1, 0.15) is 92.9 Å². The molecule has 0 heterocycles. The number of carboxylic acid groups (broad SMARTS) is 2. The third kappa shape index (κ3) is 20.5. The van der Waals surface area contributed by atoms with E-state index < -0.39 is 24.7 Å². The first-order chi connectivity index (χ1) is 27.6. The van der Waals surface area contributed by atoms with E-state index in [1.165, 1.54) is 38.5 Å². The second-order valence-electron chi connectivity index (χ2n) is 13.7. The topological polar surface area (TPSA) is 209 Å². The molecule has 0 aliphatic carbocycles. The summed E-state index contributed by atoms with van der Waals surface area (Å²) in [6, 6.07) is 17.4. The Bertz CT molecular complexity index is 1750. The molecular formula is C42H56F3N5O8. The molecule has 0 aliphatic heterocycles. The minimum Gasteiger partial charge on any atom is -0.482 e. The van der Waals surface area contributed by atoms with E-state index in [4.69, 9.17) is 25.5 Å². The van der Waals surface area contributed by atoms with Crippen LogP contribution in [0.15, 0.2) is 60.7 Å². The summed E-state index contributed by atoms with van der Waals surface area (Å²) in [6.07, 6.45) is 7.34. The van der Waals surface area contributed by atoms with Crippen molar-refractivity contribution in [2.45, 2.75) is 103 Å². The first kappa shape index (κ1) is 48.5. The molecule has 0 atom stereocenters. The molecule has 16 heteroatoms. The zero-order valence-corrected chi connectivity index (χ0v) is 33.1. The van der Waals surface area contributed by atoms with Gasteiger partial charge in [0.2, 0.25) is 11.8 Å². The SMILES string of the molecule is Cc1cccc(C)c1NC(=O)Nc1ccc(CC(=O)Nc2ccc(OCC(=O)O)c(CCC(=O)NCCCCCCCCCCCCN)c2)cc1.O=C(O)C(F)(F)F. The Hall–Kier alpha value is -5.64. The fraction of sp³-hybridized carbons (Fsp3) is 0.452. The Kier molecular flexibility index (Phi) is 22.0. The number of benzene rings is 3. The highest BCUT2D eigenvalue weighted by atomic mass is 19.4. The number of ether oxygens (including phenoxy) is 1. The molecule has 318 valence electrons. The smallest absolute Gasteiger partial charge is 0.482 e. The van der Waals surface area contributed by atoms with Gasteiger partial charge in [-0.15, -0.1) is 0 Å². The molecule has 58 heavy (non-hydrogen) atoms. The van der Waals surface area contributed by atoms with Gasteiger partial charge in [-0.05, 0) is 92.2 Å². The van der Waals surface area contributed by atoms with Gasteiger partial charge in [0, 0.05) is 30.0 Å². The third-order valence-corrected chi connectivity index (χ3v) is 8.81. The lowest BCUT2D eigenvalue weighted by Crippen LogP contribution is -2.24. The number of rotatable bonds is 23. The van der Waals surface area contributed by atoms with Crippen LogP contribution in [0.4, 0.5) is 35.0 Å². The molecule has 0 spiro atoms. The zero-order chi connectivity index (χ0) is 42.9. The summed E-state index contributed by atoms with van der Waals surface area (Å²) in [6.45, 7) is 4.75. The number of halogens is 3. The number of carbonyl (C=O) groups excluding carboxylic acids is 3. The average Bonchev–Trinajstić information content (AvgIpc) is 3.16. The van der Waals surface area contributed by atoms with Gasteiger partial charge < -0.3 is 42.0 Å². The molecule has 3 aromatic carbocycles. The van der Waals surface area contributed by atoms with Crippen LogP contribution in [-0.4, -0.2) is 65.9 Å². The van der Waals surface area contributed by atoms with Crippen molar-refractivity contribution in [1.29, 1.82) is 0 Å². The third-order valence-electron chi connectivity index (χ3n) is 8.81. The summed E-state index contributed by atoms with van der Waals surface area (Å²) in [5, 5.41) is 27.8. The van der Waals surface area contributed by atoms with Gasteiger partial charge in [-0.3, -0.25) is 9.59 Å². The Morgan fingerprint density at radius 2 is 1.26 bits per heavy atom. The highest BCUT2D eigenvalue weighted by Gasteiger charge is 2.38. The molecule has 0 aromatic heterocycles. The number of hydrogen-bond donors (Lipinski definition) is 7. The molecule has 13 nitrogen and oxygen atoms in total. The Labute approximate surface area is 337 Å². The van der Waals surface area contributed by atoms with Crippen molar-refractivity contribution in [2.24, 2.45) is 5.73 Å². The molecular weight excluding hydrogens is 759 g/mol. The minimum absolute atomic E-state index is 0.0909. The zero-order valence-electron chi connectivity index (χ0n) is 33.1. The van der Waals surface area contributed by atoms with E-state index in [1.807, 2.05) is 32.0 Å². The number of carboxylic acids is 2. The largest absolute Gasteiger partial charge is 0.490 e. The average molecular weight is 816 g/mol. The van der Waals surface area contributed by atoms with Crippen molar-refractivity contribution in [2.75, 3.05) is 35.6 Å². The predicted molar refractivity (Wildman–Crippen MR) is 217 cm³/mol. The normalized spacial score (nSPS) is 10.8. The molecule has 3 rings (SSSR count). The maximum atomic E-state index is 12.9.